The van der Waals surface area contributed by atoms with Gasteiger partial charge in [-0.2, -0.15) is 0 Å². The maximum Gasteiger partial charge on any atom is 0.340 e. The van der Waals surface area contributed by atoms with Crippen LogP contribution in [-0.4, -0.2) is 30.4 Å². The van der Waals surface area contributed by atoms with E-state index in [2.05, 4.69) is 10.6 Å². The van der Waals surface area contributed by atoms with Gasteiger partial charge < -0.3 is 29.4 Å². The Morgan fingerprint density at radius 2 is 1.74 bits per heavy atom. The van der Waals surface area contributed by atoms with Crippen LogP contribution in [0.3, 0.4) is 0 Å². The Kier molecular flexibility index (Phi) is 6.45. The van der Waals surface area contributed by atoms with Crippen LogP contribution in [0.2, 0.25) is 0 Å². The van der Waals surface area contributed by atoms with Crippen molar-refractivity contribution in [2.24, 2.45) is 5.92 Å². The quantitative estimate of drug-likeness (QED) is 0.499. The topological polar surface area (TPSA) is 142 Å². The third kappa shape index (κ3) is 4.55. The van der Waals surface area contributed by atoms with Crippen molar-refractivity contribution in [3.63, 3.8) is 0 Å². The minimum Gasteiger partial charge on any atom is -0.548 e. The number of nitrogens with one attached hydrogen (secondary N) is 2. The number of amides is 2. The summed E-state index contributed by atoms with van der Waals surface area (Å²) in [6, 6.07) is 2.52. The second-order valence-corrected chi connectivity index (χ2v) is 9.11. The number of hydrogen-bond donors (Lipinski definition) is 2. The minimum atomic E-state index is -1.40. The summed E-state index contributed by atoms with van der Waals surface area (Å²) < 4.78 is 11.5. The molecule has 2 aromatic heterocycles. The molecule has 2 amide bonds. The molecule has 4 rings (SSSR count). The number of carboxylic acids is 1. The zero-order chi connectivity index (χ0) is 24.6. The van der Waals surface area contributed by atoms with Gasteiger partial charge in [0, 0.05) is 28.8 Å². The Morgan fingerprint density at radius 1 is 1.03 bits per heavy atom. The lowest BCUT2D eigenvalue weighted by Gasteiger charge is -2.23. The van der Waals surface area contributed by atoms with E-state index in [4.69, 9.17) is 8.83 Å². The largest absolute Gasteiger partial charge is 0.548 e. The van der Waals surface area contributed by atoms with Gasteiger partial charge in [0.15, 0.2) is 0 Å². The maximum atomic E-state index is 12.6. The van der Waals surface area contributed by atoms with Crippen LogP contribution in [0.4, 0.5) is 0 Å². The molecule has 1 atom stereocenters. The van der Waals surface area contributed by atoms with Crippen LogP contribution in [0.15, 0.2) is 25.8 Å². The SMILES string of the molecule is Cc1c(CC(=O)NCC(=O)N[C@H](C(=O)[O-])C(C)C)c(=O)oc2cc3oc4c(c3cc12)CCCC4. The van der Waals surface area contributed by atoms with Crippen molar-refractivity contribution in [3.05, 3.63) is 45.0 Å². The van der Waals surface area contributed by atoms with Gasteiger partial charge in [-0.25, -0.2) is 4.79 Å². The third-order valence-electron chi connectivity index (χ3n) is 6.38. The van der Waals surface area contributed by atoms with Gasteiger partial charge in [0.1, 0.15) is 16.9 Å². The summed E-state index contributed by atoms with van der Waals surface area (Å²) in [6.45, 7) is 4.61. The number of hydrogen-bond acceptors (Lipinski definition) is 7. The van der Waals surface area contributed by atoms with Crippen molar-refractivity contribution in [3.8, 4) is 0 Å². The predicted molar refractivity (Wildman–Crippen MR) is 122 cm³/mol. The van der Waals surface area contributed by atoms with Gasteiger partial charge in [-0.3, -0.25) is 9.59 Å². The zero-order valence-corrected chi connectivity index (χ0v) is 19.4. The van der Waals surface area contributed by atoms with Crippen molar-refractivity contribution < 1.29 is 28.3 Å². The highest BCUT2D eigenvalue weighted by molar-refractivity contribution is 5.97. The maximum absolute atomic E-state index is 12.6. The highest BCUT2D eigenvalue weighted by Crippen LogP contribution is 2.35. The van der Waals surface area contributed by atoms with Gasteiger partial charge in [-0.15, -0.1) is 0 Å². The first-order valence-electron chi connectivity index (χ1n) is 11.4. The van der Waals surface area contributed by atoms with Crippen LogP contribution >= 0.6 is 0 Å². The Balaban J connectivity index is 1.53. The van der Waals surface area contributed by atoms with Gasteiger partial charge in [0.05, 0.1) is 30.5 Å². The van der Waals surface area contributed by atoms with E-state index in [0.717, 1.165) is 42.2 Å². The van der Waals surface area contributed by atoms with Crippen LogP contribution in [0.1, 0.15) is 49.1 Å². The Labute approximate surface area is 195 Å². The molecule has 3 aromatic rings. The standard InChI is InChI=1S/C25H28N2O7/c1-12(2)23(24(30)31)27-22(29)11-26-21(28)9-16-13(3)15-8-17-14-6-4-5-7-18(14)33-20(17)10-19(15)34-25(16)32/h8,10,12,23H,4-7,9,11H2,1-3H3,(H,26,28)(H,27,29)(H,30,31)/p-1/t23-/m0/s1. The van der Waals surface area contributed by atoms with Gasteiger partial charge in [-0.05, 0) is 43.7 Å². The number of rotatable bonds is 7. The average Bonchev–Trinajstić information content (AvgIpc) is 3.14. The molecular formula is C25H27N2O7-. The van der Waals surface area contributed by atoms with Crippen LogP contribution in [0.5, 0.6) is 0 Å². The van der Waals surface area contributed by atoms with Gasteiger partial charge in [0.2, 0.25) is 11.8 Å². The molecule has 1 aliphatic rings. The summed E-state index contributed by atoms with van der Waals surface area (Å²) in [6.07, 6.45) is 3.75. The van der Waals surface area contributed by atoms with E-state index in [1.807, 2.05) is 6.07 Å². The lowest BCUT2D eigenvalue weighted by atomic mass is 9.94. The van der Waals surface area contributed by atoms with Crippen molar-refractivity contribution in [1.82, 2.24) is 10.6 Å². The molecule has 0 aliphatic heterocycles. The molecule has 0 fully saturated rings. The molecule has 0 saturated carbocycles. The molecule has 1 aromatic carbocycles. The van der Waals surface area contributed by atoms with E-state index in [-0.39, 0.29) is 17.9 Å². The first-order valence-corrected chi connectivity index (χ1v) is 11.4. The summed E-state index contributed by atoms with van der Waals surface area (Å²) in [5.74, 6) is -2.01. The molecule has 9 heteroatoms. The summed E-state index contributed by atoms with van der Waals surface area (Å²) in [4.78, 5) is 48.2. The summed E-state index contributed by atoms with van der Waals surface area (Å²) in [5, 5.41) is 17.6. The first-order chi connectivity index (χ1) is 16.2. The second kappa shape index (κ2) is 9.32. The van der Waals surface area contributed by atoms with Crippen LogP contribution in [-0.2, 0) is 33.6 Å². The van der Waals surface area contributed by atoms with E-state index in [1.165, 1.54) is 5.56 Å². The molecular weight excluding hydrogens is 440 g/mol. The average molecular weight is 467 g/mol. The van der Waals surface area contributed by atoms with Crippen molar-refractivity contribution in [2.45, 2.75) is 58.9 Å². The normalized spacial score (nSPS) is 14.2. The highest BCUT2D eigenvalue weighted by Gasteiger charge is 2.22. The Morgan fingerprint density at radius 3 is 2.44 bits per heavy atom. The molecule has 0 spiro atoms. The van der Waals surface area contributed by atoms with E-state index in [0.29, 0.717) is 16.7 Å². The molecule has 0 saturated heterocycles. The number of carbonyl (C=O) groups excluding carboxylic acids is 3. The number of carbonyl (C=O) groups is 3. The first kappa shape index (κ1) is 23.5. The number of carboxylic acid groups (broad SMARTS) is 1. The molecule has 0 bridgehead atoms. The van der Waals surface area contributed by atoms with Crippen molar-refractivity contribution >= 4 is 39.7 Å². The summed E-state index contributed by atoms with van der Waals surface area (Å²) in [7, 11) is 0. The molecule has 9 nitrogen and oxygen atoms in total. The minimum absolute atomic E-state index is 0.205. The highest BCUT2D eigenvalue weighted by atomic mass is 16.4. The smallest absolute Gasteiger partial charge is 0.340 e. The number of aliphatic carboxylic acids is 1. The van der Waals surface area contributed by atoms with Gasteiger partial charge in [0.25, 0.3) is 0 Å². The number of furan rings is 1. The summed E-state index contributed by atoms with van der Waals surface area (Å²) >= 11 is 0. The lowest BCUT2D eigenvalue weighted by molar-refractivity contribution is -0.309. The van der Waals surface area contributed by atoms with Gasteiger partial charge in [-0.1, -0.05) is 13.8 Å². The number of benzene rings is 1. The molecule has 180 valence electrons. The van der Waals surface area contributed by atoms with E-state index in [1.54, 1.807) is 26.8 Å². The summed E-state index contributed by atoms with van der Waals surface area (Å²) in [5.41, 5.74) is 2.49. The predicted octanol–water partition coefficient (Wildman–Crippen LogP) is 1.28. The second-order valence-electron chi connectivity index (χ2n) is 9.11. The van der Waals surface area contributed by atoms with E-state index in [9.17, 15) is 24.3 Å². The number of aryl methyl sites for hydroxylation is 3. The van der Waals surface area contributed by atoms with Crippen molar-refractivity contribution in [1.29, 1.82) is 0 Å². The van der Waals surface area contributed by atoms with Crippen molar-refractivity contribution in [2.75, 3.05) is 6.54 Å². The van der Waals surface area contributed by atoms with Gasteiger partial charge >= 0.3 is 5.63 Å². The third-order valence-corrected chi connectivity index (χ3v) is 6.38. The fourth-order valence-electron chi connectivity index (χ4n) is 4.47. The molecule has 34 heavy (non-hydrogen) atoms. The number of fused-ring (bicyclic) bond motifs is 4. The van der Waals surface area contributed by atoms with Crippen LogP contribution < -0.4 is 21.4 Å². The van der Waals surface area contributed by atoms with Crippen LogP contribution in [0.25, 0.3) is 21.9 Å². The Bertz CT molecular complexity index is 1350. The van der Waals surface area contributed by atoms with E-state index < -0.39 is 36.0 Å². The Hall–Kier alpha value is -3.62. The van der Waals surface area contributed by atoms with E-state index >= 15 is 0 Å². The van der Waals surface area contributed by atoms with Crippen LogP contribution in [0, 0.1) is 12.8 Å². The molecule has 2 heterocycles. The molecule has 0 unspecified atom stereocenters. The molecule has 0 radical (unpaired) electrons. The lowest BCUT2D eigenvalue weighted by Crippen LogP contribution is -2.53. The monoisotopic (exact) mass is 467 g/mol. The fourth-order valence-corrected chi connectivity index (χ4v) is 4.47. The fraction of sp³-hybridized carbons (Fsp3) is 0.440. The molecule has 2 N–H and O–H groups in total. The zero-order valence-electron chi connectivity index (χ0n) is 19.4. The molecule has 1 aliphatic carbocycles.